The summed E-state index contributed by atoms with van der Waals surface area (Å²) in [6.45, 7) is 16.5. The molecule has 3 fully saturated rings. The monoisotopic (exact) mass is 536 g/mol. The molecule has 0 spiro atoms. The van der Waals surface area contributed by atoms with Crippen molar-refractivity contribution in [2.45, 2.75) is 91.8 Å². The lowest BCUT2D eigenvalue weighted by Crippen LogP contribution is -2.52. The predicted molar refractivity (Wildman–Crippen MR) is 149 cm³/mol. The summed E-state index contributed by atoms with van der Waals surface area (Å²) in [4.78, 5) is 27.7. The molecule has 1 aromatic carbocycles. The smallest absolute Gasteiger partial charge is 0.339 e. The summed E-state index contributed by atoms with van der Waals surface area (Å²) in [6.07, 6.45) is 2.02. The van der Waals surface area contributed by atoms with E-state index in [4.69, 9.17) is 14.2 Å². The van der Waals surface area contributed by atoms with E-state index in [1.807, 2.05) is 65.0 Å². The maximum Gasteiger partial charge on any atom is 0.339 e. The van der Waals surface area contributed by atoms with Crippen LogP contribution in [0.4, 0.5) is 0 Å². The van der Waals surface area contributed by atoms with Crippen molar-refractivity contribution in [1.82, 2.24) is 0 Å². The number of Topliss-reactive ketones (excluding diaryl/α,β-unsaturated/α-hetero) is 1. The van der Waals surface area contributed by atoms with E-state index < -0.39 is 30.1 Å². The summed E-state index contributed by atoms with van der Waals surface area (Å²) in [5.41, 5.74) is 2.87. The lowest BCUT2D eigenvalue weighted by atomic mass is 9.77. The summed E-state index contributed by atoms with van der Waals surface area (Å²) < 4.78 is 18.4. The highest BCUT2D eigenvalue weighted by atomic mass is 16.7. The fourth-order valence-corrected chi connectivity index (χ4v) is 7.36. The van der Waals surface area contributed by atoms with Crippen molar-refractivity contribution in [1.29, 1.82) is 0 Å². The van der Waals surface area contributed by atoms with Crippen molar-refractivity contribution in [2.75, 3.05) is 6.61 Å². The van der Waals surface area contributed by atoms with Crippen LogP contribution in [0.3, 0.4) is 0 Å². The zero-order valence-electron chi connectivity index (χ0n) is 24.6. The quantitative estimate of drug-likeness (QED) is 0.386. The largest absolute Gasteiger partial charge is 0.451 e. The minimum atomic E-state index is -1.17. The Morgan fingerprint density at radius 2 is 1.79 bits per heavy atom. The van der Waals surface area contributed by atoms with Gasteiger partial charge in [0, 0.05) is 11.8 Å². The first-order valence-corrected chi connectivity index (χ1v) is 14.4. The van der Waals surface area contributed by atoms with E-state index >= 15 is 0 Å². The van der Waals surface area contributed by atoms with Crippen LogP contribution in [0.15, 0.2) is 47.6 Å². The normalized spacial score (nSPS) is 37.0. The first kappa shape index (κ1) is 28.3. The standard InChI is InChI=1S/C33H44O6/c1-17(2)21-11-9-10-12-22(21)31(36)38-29-19(4)13-23-18(3)14-25-26(32(25,5)6)24(27(23)34)15-20-16-37-33(7,8)39-30(20)28(29)35/h9-13,15,17-18,23-26,28-30,35H,14,16H2,1-8H3. The van der Waals surface area contributed by atoms with Gasteiger partial charge in [0.2, 0.25) is 0 Å². The number of rotatable bonds is 3. The van der Waals surface area contributed by atoms with E-state index in [-0.39, 0.29) is 47.4 Å². The lowest BCUT2D eigenvalue weighted by Gasteiger charge is -2.42. The molecule has 8 unspecified atom stereocenters. The summed E-state index contributed by atoms with van der Waals surface area (Å²) in [6, 6.07) is 7.42. The number of ketones is 1. The van der Waals surface area contributed by atoms with Crippen LogP contribution in [0.2, 0.25) is 0 Å². The van der Waals surface area contributed by atoms with Crippen LogP contribution in [0.1, 0.15) is 83.7 Å². The van der Waals surface area contributed by atoms with Gasteiger partial charge in [-0.3, -0.25) is 4.79 Å². The molecule has 0 aromatic heterocycles. The van der Waals surface area contributed by atoms with Crippen molar-refractivity contribution in [3.8, 4) is 0 Å². The third-order valence-electron chi connectivity index (χ3n) is 9.73. The highest BCUT2D eigenvalue weighted by molar-refractivity contribution is 5.92. The Hall–Kier alpha value is -2.28. The fraction of sp³-hybridized carbons (Fsp3) is 0.636. The van der Waals surface area contributed by atoms with Crippen molar-refractivity contribution in [3.63, 3.8) is 0 Å². The van der Waals surface area contributed by atoms with E-state index in [1.54, 1.807) is 6.07 Å². The molecule has 2 bridgehead atoms. The number of hydrogen-bond donors (Lipinski definition) is 1. The van der Waals surface area contributed by atoms with Crippen LogP contribution >= 0.6 is 0 Å². The van der Waals surface area contributed by atoms with Gasteiger partial charge in [-0.2, -0.15) is 0 Å². The van der Waals surface area contributed by atoms with Gasteiger partial charge in [-0.05, 0) is 79.1 Å². The van der Waals surface area contributed by atoms with Crippen molar-refractivity contribution in [3.05, 3.63) is 58.7 Å². The number of esters is 1. The van der Waals surface area contributed by atoms with Crippen LogP contribution < -0.4 is 0 Å². The average Bonchev–Trinajstić information content (AvgIpc) is 3.43. The van der Waals surface area contributed by atoms with Crippen LogP contribution in [0.25, 0.3) is 0 Å². The number of carbonyl (C=O) groups excluding carboxylic acids is 2. The first-order valence-electron chi connectivity index (χ1n) is 14.4. The van der Waals surface area contributed by atoms with E-state index in [1.165, 1.54) is 0 Å². The Labute approximate surface area is 232 Å². The second-order valence-corrected chi connectivity index (χ2v) is 13.6. The van der Waals surface area contributed by atoms with Gasteiger partial charge in [0.05, 0.1) is 12.2 Å². The number of carbonyl (C=O) groups is 2. The van der Waals surface area contributed by atoms with E-state index in [2.05, 4.69) is 20.8 Å². The Balaban J connectivity index is 1.58. The summed E-state index contributed by atoms with van der Waals surface area (Å²) >= 11 is 0. The third kappa shape index (κ3) is 5.05. The van der Waals surface area contributed by atoms with Gasteiger partial charge in [0.1, 0.15) is 18.0 Å². The van der Waals surface area contributed by atoms with Crippen LogP contribution in [-0.2, 0) is 19.0 Å². The number of benzene rings is 1. The van der Waals surface area contributed by atoms with E-state index in [0.29, 0.717) is 17.1 Å². The molecule has 39 heavy (non-hydrogen) atoms. The number of hydrogen-bond acceptors (Lipinski definition) is 6. The minimum Gasteiger partial charge on any atom is -0.451 e. The second kappa shape index (κ2) is 9.97. The number of fused-ring (bicyclic) bond motifs is 5. The zero-order valence-corrected chi connectivity index (χ0v) is 24.6. The number of aliphatic hydroxyl groups is 1. The highest BCUT2D eigenvalue weighted by Gasteiger charge is 2.64. The summed E-state index contributed by atoms with van der Waals surface area (Å²) in [5, 5.41) is 11.9. The fourth-order valence-electron chi connectivity index (χ4n) is 7.36. The van der Waals surface area contributed by atoms with E-state index in [0.717, 1.165) is 17.6 Å². The number of aliphatic hydroxyl groups excluding tert-OH is 1. The molecule has 6 heteroatoms. The lowest BCUT2D eigenvalue weighted by molar-refractivity contribution is -0.271. The SMILES string of the molecule is CC1=CC2C(=O)C(C=C3COC(C)(C)OC3C(O)C1OC(=O)c1ccccc1C(C)C)C1C(CC2C)C1(C)C. The van der Waals surface area contributed by atoms with Crippen LogP contribution in [0.5, 0.6) is 0 Å². The first-order chi connectivity index (χ1) is 18.2. The molecule has 0 amide bonds. The van der Waals surface area contributed by atoms with Gasteiger partial charge in [0.15, 0.2) is 11.9 Å². The number of allylic oxidation sites excluding steroid dienone is 2. The van der Waals surface area contributed by atoms with Crippen molar-refractivity contribution >= 4 is 11.8 Å². The Morgan fingerprint density at radius 3 is 2.49 bits per heavy atom. The Kier molecular flexibility index (Phi) is 7.22. The maximum absolute atomic E-state index is 14.2. The zero-order chi connectivity index (χ0) is 28.4. The molecular formula is C33H44O6. The molecule has 6 nitrogen and oxygen atoms in total. The topological polar surface area (TPSA) is 82.1 Å². The molecule has 1 saturated heterocycles. The highest BCUT2D eigenvalue weighted by Crippen LogP contribution is 2.67. The van der Waals surface area contributed by atoms with Gasteiger partial charge < -0.3 is 19.3 Å². The van der Waals surface area contributed by atoms with Crippen molar-refractivity contribution < 1.29 is 28.9 Å². The Bertz CT molecular complexity index is 1210. The molecule has 4 aliphatic rings. The second-order valence-electron chi connectivity index (χ2n) is 13.6. The molecule has 0 radical (unpaired) electrons. The van der Waals surface area contributed by atoms with Gasteiger partial charge >= 0.3 is 5.97 Å². The molecule has 8 atom stereocenters. The molecule has 1 aromatic rings. The van der Waals surface area contributed by atoms with Gasteiger partial charge in [0.25, 0.3) is 0 Å². The molecule has 1 N–H and O–H groups in total. The average molecular weight is 537 g/mol. The molecule has 1 aliphatic heterocycles. The molecular weight excluding hydrogens is 492 g/mol. The van der Waals surface area contributed by atoms with Gasteiger partial charge in [-0.15, -0.1) is 0 Å². The molecule has 212 valence electrons. The van der Waals surface area contributed by atoms with E-state index in [9.17, 15) is 14.7 Å². The van der Waals surface area contributed by atoms with Crippen LogP contribution in [-0.4, -0.2) is 47.6 Å². The van der Waals surface area contributed by atoms with Gasteiger partial charge in [-0.1, -0.05) is 65.0 Å². The van der Waals surface area contributed by atoms with Crippen molar-refractivity contribution in [2.24, 2.45) is 35.0 Å². The Morgan fingerprint density at radius 1 is 1.10 bits per heavy atom. The summed E-state index contributed by atoms with van der Waals surface area (Å²) in [7, 11) is 0. The number of ether oxygens (including phenoxy) is 3. The van der Waals surface area contributed by atoms with Crippen LogP contribution in [0, 0.1) is 35.0 Å². The molecule has 1 heterocycles. The molecule has 5 rings (SSSR count). The maximum atomic E-state index is 14.2. The third-order valence-corrected chi connectivity index (χ3v) is 9.73. The predicted octanol–water partition coefficient (Wildman–Crippen LogP) is 5.85. The summed E-state index contributed by atoms with van der Waals surface area (Å²) in [5.74, 6) is -0.816. The molecule has 2 saturated carbocycles. The molecule has 3 aliphatic carbocycles. The minimum absolute atomic E-state index is 0.0884. The van der Waals surface area contributed by atoms with Gasteiger partial charge in [-0.25, -0.2) is 4.79 Å².